The minimum Gasteiger partial charge on any atom is -0.368 e. The molecule has 2 N–H and O–H groups in total. The van der Waals surface area contributed by atoms with Crippen LogP contribution >= 0.6 is 11.3 Å². The van der Waals surface area contributed by atoms with Crippen molar-refractivity contribution in [1.82, 2.24) is 14.9 Å². The number of benzene rings is 1. The zero-order valence-electron chi connectivity index (χ0n) is 15.8. The number of anilines is 1. The van der Waals surface area contributed by atoms with E-state index in [2.05, 4.69) is 15.3 Å². The van der Waals surface area contributed by atoms with Crippen LogP contribution in [0.4, 0.5) is 5.69 Å². The Labute approximate surface area is 170 Å². The minimum atomic E-state index is -0.438. The van der Waals surface area contributed by atoms with Gasteiger partial charge >= 0.3 is 0 Å². The van der Waals surface area contributed by atoms with Crippen molar-refractivity contribution in [3.63, 3.8) is 0 Å². The number of hydrogen-bond donors (Lipinski definition) is 2. The maximum atomic E-state index is 12.8. The van der Waals surface area contributed by atoms with Crippen LogP contribution in [0.2, 0.25) is 0 Å². The Morgan fingerprint density at radius 3 is 3.03 bits per heavy atom. The van der Waals surface area contributed by atoms with Gasteiger partial charge in [0.1, 0.15) is 16.6 Å². The third kappa shape index (κ3) is 4.20. The Bertz CT molecular complexity index is 1120. The van der Waals surface area contributed by atoms with E-state index in [1.54, 1.807) is 37.4 Å². The van der Waals surface area contributed by atoms with Crippen molar-refractivity contribution in [2.75, 3.05) is 19.0 Å². The van der Waals surface area contributed by atoms with Crippen LogP contribution in [0.25, 0.3) is 10.2 Å². The fraction of sp³-hybridized carbons (Fsp3) is 0.300. The predicted molar refractivity (Wildman–Crippen MR) is 110 cm³/mol. The van der Waals surface area contributed by atoms with Crippen molar-refractivity contribution in [2.24, 2.45) is 0 Å². The molecular weight excluding hydrogens is 392 g/mol. The third-order valence-corrected chi connectivity index (χ3v) is 5.60. The average molecular weight is 412 g/mol. The number of nitrogens with one attached hydrogen (secondary N) is 2. The lowest BCUT2D eigenvalue weighted by atomic mass is 10.1. The lowest BCUT2D eigenvalue weighted by molar-refractivity contribution is -0.124. The van der Waals surface area contributed by atoms with E-state index in [9.17, 15) is 14.4 Å². The summed E-state index contributed by atoms with van der Waals surface area (Å²) >= 11 is 1.33. The van der Waals surface area contributed by atoms with Crippen molar-refractivity contribution < 1.29 is 14.3 Å². The van der Waals surface area contributed by atoms with Gasteiger partial charge in [-0.2, -0.15) is 0 Å². The average Bonchev–Trinajstić information content (AvgIpc) is 3.39. The first kappa shape index (κ1) is 19.3. The molecule has 0 bridgehead atoms. The fourth-order valence-electron chi connectivity index (χ4n) is 3.25. The van der Waals surface area contributed by atoms with Gasteiger partial charge < -0.3 is 19.9 Å². The topological polar surface area (TPSA) is 104 Å². The second-order valence-corrected chi connectivity index (χ2v) is 7.80. The largest absolute Gasteiger partial charge is 0.368 e. The molecule has 8 nitrogen and oxygen atoms in total. The second kappa shape index (κ2) is 8.14. The van der Waals surface area contributed by atoms with Gasteiger partial charge in [0.2, 0.25) is 0 Å². The number of amides is 2. The van der Waals surface area contributed by atoms with Gasteiger partial charge in [-0.3, -0.25) is 14.4 Å². The lowest BCUT2D eigenvalue weighted by Gasteiger charge is -2.17. The standard InChI is InChI=1S/C20H20N4O4S/c1-24(11-16-22-14-7-9-29-17(14)19(26)23-16)20(27)12-4-2-5-13(10-12)21-18(25)15-6-3-8-28-15/h2,4-5,7,9-10,15H,3,6,8,11H2,1H3,(H,21,25)(H,22,23,26)/t15-/m1/s1. The summed E-state index contributed by atoms with van der Waals surface area (Å²) in [5.74, 6) is -0.0304. The number of nitrogens with zero attached hydrogens (tertiary/aromatic N) is 2. The number of H-pyrrole nitrogens is 1. The summed E-state index contributed by atoms with van der Waals surface area (Å²) in [5.41, 5.74) is 1.38. The lowest BCUT2D eigenvalue weighted by Crippen LogP contribution is -2.29. The minimum absolute atomic E-state index is 0.159. The van der Waals surface area contributed by atoms with E-state index >= 15 is 0 Å². The van der Waals surface area contributed by atoms with Crippen molar-refractivity contribution in [3.05, 3.63) is 57.5 Å². The molecule has 1 fully saturated rings. The first-order valence-electron chi connectivity index (χ1n) is 9.25. The Morgan fingerprint density at radius 1 is 1.38 bits per heavy atom. The van der Waals surface area contributed by atoms with Crippen molar-refractivity contribution in [3.8, 4) is 0 Å². The van der Waals surface area contributed by atoms with Gasteiger partial charge in [-0.25, -0.2) is 4.98 Å². The number of fused-ring (bicyclic) bond motifs is 1. The van der Waals surface area contributed by atoms with Crippen LogP contribution in [-0.2, 0) is 16.1 Å². The fourth-order valence-corrected chi connectivity index (χ4v) is 3.98. The number of rotatable bonds is 5. The summed E-state index contributed by atoms with van der Waals surface area (Å²) in [5, 5.41) is 4.61. The summed E-state index contributed by atoms with van der Waals surface area (Å²) in [6.07, 6.45) is 1.13. The molecule has 3 heterocycles. The van der Waals surface area contributed by atoms with Crippen LogP contribution in [0, 0.1) is 0 Å². The number of carbonyl (C=O) groups excluding carboxylic acids is 2. The molecule has 1 aliphatic heterocycles. The van der Waals surface area contributed by atoms with Crippen LogP contribution in [0.15, 0.2) is 40.5 Å². The van der Waals surface area contributed by atoms with E-state index < -0.39 is 6.10 Å². The highest BCUT2D eigenvalue weighted by Gasteiger charge is 2.24. The van der Waals surface area contributed by atoms with E-state index in [1.165, 1.54) is 16.2 Å². The van der Waals surface area contributed by atoms with Crippen LogP contribution in [0.1, 0.15) is 29.0 Å². The molecule has 0 radical (unpaired) electrons. The molecule has 1 saturated heterocycles. The van der Waals surface area contributed by atoms with Crippen LogP contribution in [0.5, 0.6) is 0 Å². The smallest absolute Gasteiger partial charge is 0.268 e. The van der Waals surface area contributed by atoms with Gasteiger partial charge in [0.25, 0.3) is 17.4 Å². The Morgan fingerprint density at radius 2 is 2.24 bits per heavy atom. The van der Waals surface area contributed by atoms with Crippen LogP contribution < -0.4 is 10.9 Å². The molecule has 9 heteroatoms. The van der Waals surface area contributed by atoms with E-state index in [0.717, 1.165) is 6.42 Å². The normalized spacial score (nSPS) is 16.1. The summed E-state index contributed by atoms with van der Waals surface area (Å²) in [4.78, 5) is 45.7. The van der Waals surface area contributed by atoms with Gasteiger partial charge in [-0.05, 0) is 42.5 Å². The van der Waals surface area contributed by atoms with Crippen molar-refractivity contribution in [2.45, 2.75) is 25.5 Å². The first-order valence-corrected chi connectivity index (χ1v) is 10.1. The molecule has 1 atom stereocenters. The summed E-state index contributed by atoms with van der Waals surface area (Å²) in [6.45, 7) is 0.751. The van der Waals surface area contributed by atoms with E-state index in [1.807, 2.05) is 5.38 Å². The molecule has 3 aromatic rings. The van der Waals surface area contributed by atoms with E-state index in [-0.39, 0.29) is 23.9 Å². The monoisotopic (exact) mass is 412 g/mol. The highest BCUT2D eigenvalue weighted by atomic mass is 32.1. The molecule has 2 aromatic heterocycles. The highest BCUT2D eigenvalue weighted by molar-refractivity contribution is 7.17. The highest BCUT2D eigenvalue weighted by Crippen LogP contribution is 2.18. The van der Waals surface area contributed by atoms with Gasteiger partial charge in [-0.15, -0.1) is 11.3 Å². The summed E-state index contributed by atoms with van der Waals surface area (Å²) < 4.78 is 5.95. The van der Waals surface area contributed by atoms with Crippen molar-refractivity contribution >= 4 is 39.1 Å². The third-order valence-electron chi connectivity index (χ3n) is 4.70. The maximum Gasteiger partial charge on any atom is 0.268 e. The molecular formula is C20H20N4O4S. The maximum absolute atomic E-state index is 12.8. The molecule has 0 spiro atoms. The molecule has 1 aromatic carbocycles. The molecule has 0 saturated carbocycles. The van der Waals surface area contributed by atoms with E-state index in [0.29, 0.717) is 40.3 Å². The first-order chi connectivity index (χ1) is 14.0. The molecule has 150 valence electrons. The van der Waals surface area contributed by atoms with Gasteiger partial charge in [0, 0.05) is 24.9 Å². The number of aromatic amines is 1. The molecule has 0 unspecified atom stereocenters. The van der Waals surface area contributed by atoms with Crippen LogP contribution in [0.3, 0.4) is 0 Å². The van der Waals surface area contributed by atoms with Gasteiger partial charge in [0.05, 0.1) is 12.1 Å². The zero-order chi connectivity index (χ0) is 20.4. The molecule has 1 aliphatic rings. The molecule has 0 aliphatic carbocycles. The second-order valence-electron chi connectivity index (χ2n) is 6.88. The number of aromatic nitrogens is 2. The Kier molecular flexibility index (Phi) is 5.41. The summed E-state index contributed by atoms with van der Waals surface area (Å²) in [7, 11) is 1.64. The zero-order valence-corrected chi connectivity index (χ0v) is 16.6. The number of carbonyl (C=O) groups is 2. The Hall–Kier alpha value is -3.04. The van der Waals surface area contributed by atoms with Crippen molar-refractivity contribution in [1.29, 1.82) is 0 Å². The summed E-state index contributed by atoms with van der Waals surface area (Å²) in [6, 6.07) is 8.53. The Balaban J connectivity index is 1.46. The predicted octanol–water partition coefficient (Wildman–Crippen LogP) is 2.37. The molecule has 29 heavy (non-hydrogen) atoms. The molecule has 4 rings (SSSR count). The number of hydrogen-bond acceptors (Lipinski definition) is 6. The SMILES string of the molecule is CN(Cc1nc2ccsc2c(=O)[nH]1)C(=O)c1cccc(NC(=O)[C@H]2CCCO2)c1. The van der Waals surface area contributed by atoms with Gasteiger partial charge in [-0.1, -0.05) is 6.07 Å². The number of ether oxygens (including phenoxy) is 1. The van der Waals surface area contributed by atoms with E-state index in [4.69, 9.17) is 4.74 Å². The number of thiophene rings is 1. The van der Waals surface area contributed by atoms with Gasteiger partial charge in [0.15, 0.2) is 0 Å². The van der Waals surface area contributed by atoms with Crippen LogP contribution in [-0.4, -0.2) is 46.4 Å². The molecule has 2 amide bonds. The quantitative estimate of drug-likeness (QED) is 0.670.